The summed E-state index contributed by atoms with van der Waals surface area (Å²) in [6, 6.07) is 6.33. The molecule has 148 valence electrons. The molecule has 6 nitrogen and oxygen atoms in total. The minimum absolute atomic E-state index is 0.146. The van der Waals surface area contributed by atoms with Crippen LogP contribution in [0.1, 0.15) is 26.5 Å². The zero-order valence-electron chi connectivity index (χ0n) is 15.8. The molecular formula is C20H17FN4O2S2. The Hall–Kier alpha value is -2.36. The quantitative estimate of drug-likeness (QED) is 0.467. The molecule has 9 heteroatoms. The van der Waals surface area contributed by atoms with Crippen molar-refractivity contribution in [3.63, 3.8) is 0 Å². The van der Waals surface area contributed by atoms with Gasteiger partial charge in [-0.25, -0.2) is 19.3 Å². The van der Waals surface area contributed by atoms with Gasteiger partial charge in [0.1, 0.15) is 27.8 Å². The monoisotopic (exact) mass is 428 g/mol. The molecule has 2 aliphatic heterocycles. The summed E-state index contributed by atoms with van der Waals surface area (Å²) in [6.45, 7) is 3.09. The van der Waals surface area contributed by atoms with E-state index in [4.69, 9.17) is 4.74 Å². The molecule has 1 amide bonds. The van der Waals surface area contributed by atoms with Crippen molar-refractivity contribution >= 4 is 29.0 Å². The van der Waals surface area contributed by atoms with Crippen molar-refractivity contribution in [1.29, 1.82) is 0 Å². The molecule has 0 radical (unpaired) electrons. The van der Waals surface area contributed by atoms with Gasteiger partial charge >= 0.3 is 0 Å². The van der Waals surface area contributed by atoms with Crippen molar-refractivity contribution in [1.82, 2.24) is 19.9 Å². The lowest BCUT2D eigenvalue weighted by atomic mass is 9.95. The molecule has 0 saturated carbocycles. The number of rotatable bonds is 4. The van der Waals surface area contributed by atoms with Crippen molar-refractivity contribution in [3.8, 4) is 10.7 Å². The van der Waals surface area contributed by atoms with E-state index < -0.39 is 5.54 Å². The molecule has 0 unspecified atom stereocenters. The fourth-order valence-corrected chi connectivity index (χ4v) is 5.31. The van der Waals surface area contributed by atoms with Crippen LogP contribution in [0.2, 0.25) is 0 Å². The van der Waals surface area contributed by atoms with Crippen LogP contribution in [0.3, 0.4) is 0 Å². The Morgan fingerprint density at radius 1 is 1.31 bits per heavy atom. The van der Waals surface area contributed by atoms with Crippen LogP contribution >= 0.6 is 23.1 Å². The Labute approximate surface area is 175 Å². The largest absolute Gasteiger partial charge is 0.376 e. The van der Waals surface area contributed by atoms with Crippen molar-refractivity contribution in [2.45, 2.75) is 24.2 Å². The maximum absolute atomic E-state index is 13.6. The van der Waals surface area contributed by atoms with Crippen LogP contribution in [0.15, 0.2) is 35.6 Å². The smallest absolute Gasteiger partial charge is 0.274 e. The number of aryl methyl sites for hydroxylation is 1. The van der Waals surface area contributed by atoms with E-state index in [-0.39, 0.29) is 11.7 Å². The Morgan fingerprint density at radius 3 is 2.83 bits per heavy atom. The van der Waals surface area contributed by atoms with Gasteiger partial charge in [0.25, 0.3) is 5.91 Å². The number of amides is 1. The number of fused-ring (bicyclic) bond motifs is 2. The second-order valence-corrected chi connectivity index (χ2v) is 8.90. The van der Waals surface area contributed by atoms with Gasteiger partial charge in [-0.05, 0) is 36.4 Å². The van der Waals surface area contributed by atoms with Gasteiger partial charge in [-0.3, -0.25) is 4.79 Å². The van der Waals surface area contributed by atoms with Crippen molar-refractivity contribution < 1.29 is 13.9 Å². The number of thiazole rings is 1. The van der Waals surface area contributed by atoms with E-state index in [1.165, 1.54) is 35.2 Å². The van der Waals surface area contributed by atoms with Gasteiger partial charge in [-0.2, -0.15) is 0 Å². The summed E-state index contributed by atoms with van der Waals surface area (Å²) < 4.78 is 19.1. The zero-order chi connectivity index (χ0) is 20.2. The molecule has 1 fully saturated rings. The summed E-state index contributed by atoms with van der Waals surface area (Å²) in [7, 11) is 0. The molecule has 4 heterocycles. The number of ether oxygens (including phenoxy) is 1. The van der Waals surface area contributed by atoms with Crippen molar-refractivity contribution in [2.24, 2.45) is 0 Å². The third kappa shape index (κ3) is 2.87. The lowest BCUT2D eigenvalue weighted by Gasteiger charge is -2.44. The summed E-state index contributed by atoms with van der Waals surface area (Å²) >= 11 is 2.95. The first-order valence-electron chi connectivity index (χ1n) is 9.05. The van der Waals surface area contributed by atoms with Gasteiger partial charge in [0.05, 0.1) is 18.1 Å². The minimum atomic E-state index is -0.530. The number of benzene rings is 1. The lowest BCUT2D eigenvalue weighted by Crippen LogP contribution is -2.56. The second kappa shape index (κ2) is 6.86. The number of carbonyl (C=O) groups excluding carboxylic acids is 1. The molecule has 1 saturated heterocycles. The first-order valence-corrected chi connectivity index (χ1v) is 11.1. The number of aromatic nitrogens is 3. The highest BCUT2D eigenvalue weighted by molar-refractivity contribution is 7.98. The van der Waals surface area contributed by atoms with Gasteiger partial charge in [0.2, 0.25) is 0 Å². The number of carbonyl (C=O) groups is 1. The van der Waals surface area contributed by atoms with Gasteiger partial charge in [-0.15, -0.1) is 11.3 Å². The van der Waals surface area contributed by atoms with Crippen LogP contribution in [0.25, 0.3) is 10.7 Å². The Kier molecular flexibility index (Phi) is 4.41. The predicted octanol–water partition coefficient (Wildman–Crippen LogP) is 3.65. The second-order valence-electron chi connectivity index (χ2n) is 7.13. The molecule has 1 aromatic carbocycles. The molecule has 0 N–H and O–H groups in total. The lowest BCUT2D eigenvalue weighted by molar-refractivity contribution is -0.126. The zero-order valence-corrected chi connectivity index (χ0v) is 17.4. The molecule has 0 bridgehead atoms. The van der Waals surface area contributed by atoms with Crippen molar-refractivity contribution in [3.05, 3.63) is 58.0 Å². The summed E-state index contributed by atoms with van der Waals surface area (Å²) in [5.74, 6) is -0.459. The third-order valence-corrected chi connectivity index (χ3v) is 7.08. The van der Waals surface area contributed by atoms with Crippen molar-refractivity contribution in [2.75, 3.05) is 19.5 Å². The normalized spacial score (nSPS) is 16.9. The van der Waals surface area contributed by atoms with E-state index in [1.54, 1.807) is 17.2 Å². The van der Waals surface area contributed by atoms with Crippen LogP contribution in [0, 0.1) is 12.7 Å². The van der Waals surface area contributed by atoms with E-state index in [0.29, 0.717) is 30.6 Å². The van der Waals surface area contributed by atoms with E-state index in [9.17, 15) is 9.18 Å². The maximum atomic E-state index is 13.6. The van der Waals surface area contributed by atoms with Gasteiger partial charge in [0, 0.05) is 12.7 Å². The molecule has 0 aliphatic carbocycles. The SMILES string of the molecule is CSc1ncc(C)c(-c2nc3c(s2)C2(COC2)N(Cc2cccc(F)c2)C3=O)n1. The maximum Gasteiger partial charge on any atom is 0.274 e. The molecule has 5 rings (SSSR count). The summed E-state index contributed by atoms with van der Waals surface area (Å²) in [5.41, 5.74) is 2.34. The molecular weight excluding hydrogens is 411 g/mol. The van der Waals surface area contributed by atoms with Crippen LogP contribution in [0.5, 0.6) is 0 Å². The summed E-state index contributed by atoms with van der Waals surface area (Å²) in [5, 5.41) is 1.39. The number of hydrogen-bond acceptors (Lipinski definition) is 7. The third-order valence-electron chi connectivity index (χ3n) is 5.26. The molecule has 3 aromatic rings. The molecule has 0 atom stereocenters. The highest BCUT2D eigenvalue weighted by Gasteiger charge is 2.57. The molecule has 2 aromatic heterocycles. The van der Waals surface area contributed by atoms with Crippen LogP contribution < -0.4 is 0 Å². The van der Waals surface area contributed by atoms with E-state index >= 15 is 0 Å². The fourth-order valence-electron chi connectivity index (χ4n) is 3.69. The van der Waals surface area contributed by atoms with E-state index in [1.807, 2.05) is 19.2 Å². The van der Waals surface area contributed by atoms with Crippen LogP contribution in [0.4, 0.5) is 4.39 Å². The standard InChI is InChI=1S/C20H17FN4O2S2/c1-11-7-22-19(28-2)24-14(11)17-23-15-16(29-17)20(9-27-10-20)25(18(15)26)8-12-4-3-5-13(21)6-12/h3-7H,8-10H2,1-2H3. The Balaban J connectivity index is 1.54. The topological polar surface area (TPSA) is 68.2 Å². The predicted molar refractivity (Wildman–Crippen MR) is 108 cm³/mol. The van der Waals surface area contributed by atoms with E-state index in [0.717, 1.165) is 26.7 Å². The number of thioether (sulfide) groups is 1. The highest BCUT2D eigenvalue weighted by atomic mass is 32.2. The number of hydrogen-bond donors (Lipinski definition) is 0. The molecule has 2 aliphatic rings. The minimum Gasteiger partial charge on any atom is -0.376 e. The first kappa shape index (κ1) is 18.7. The Bertz CT molecular complexity index is 1130. The molecule has 29 heavy (non-hydrogen) atoms. The average Bonchev–Trinajstić information content (AvgIpc) is 3.20. The number of nitrogens with zero attached hydrogens (tertiary/aromatic N) is 4. The van der Waals surface area contributed by atoms with Gasteiger partial charge in [0.15, 0.2) is 5.16 Å². The van der Waals surface area contributed by atoms with Crippen LogP contribution in [-0.2, 0) is 16.8 Å². The number of halogens is 1. The van der Waals surface area contributed by atoms with Gasteiger partial charge in [-0.1, -0.05) is 23.9 Å². The Morgan fingerprint density at radius 2 is 2.14 bits per heavy atom. The van der Waals surface area contributed by atoms with Gasteiger partial charge < -0.3 is 9.64 Å². The van der Waals surface area contributed by atoms with E-state index in [2.05, 4.69) is 15.0 Å². The average molecular weight is 429 g/mol. The first-order chi connectivity index (χ1) is 14.0. The van der Waals surface area contributed by atoms with Crippen LogP contribution in [-0.4, -0.2) is 45.2 Å². The molecule has 1 spiro atoms. The summed E-state index contributed by atoms with van der Waals surface area (Å²) in [4.78, 5) is 29.4. The summed E-state index contributed by atoms with van der Waals surface area (Å²) in [6.07, 6.45) is 3.70. The fraction of sp³-hybridized carbons (Fsp3) is 0.300. The highest BCUT2D eigenvalue weighted by Crippen LogP contribution is 2.49.